The third-order valence-corrected chi connectivity index (χ3v) is 5.30. The van der Waals surface area contributed by atoms with E-state index in [-0.39, 0.29) is 0 Å². The van der Waals surface area contributed by atoms with Gasteiger partial charge in [-0.2, -0.15) is 0 Å². The largest absolute Gasteiger partial charge is 0.329 e. The summed E-state index contributed by atoms with van der Waals surface area (Å²) >= 11 is 0. The van der Waals surface area contributed by atoms with Crippen LogP contribution < -0.4 is 0 Å². The number of piperazine rings is 1. The van der Waals surface area contributed by atoms with Crippen LogP contribution in [0.2, 0.25) is 0 Å². The monoisotopic (exact) mass is 346 g/mol. The zero-order valence-electron chi connectivity index (χ0n) is 15.3. The van der Waals surface area contributed by atoms with Crippen LogP contribution in [-0.4, -0.2) is 46.0 Å². The van der Waals surface area contributed by atoms with E-state index < -0.39 is 0 Å². The summed E-state index contributed by atoms with van der Waals surface area (Å²) in [6.45, 7) is 5.07. The Hall–Kier alpha value is -2.43. The van der Waals surface area contributed by atoms with E-state index in [9.17, 15) is 0 Å². The number of hydrogen-bond donors (Lipinski definition) is 0. The number of benzene rings is 2. The van der Waals surface area contributed by atoms with Gasteiger partial charge >= 0.3 is 0 Å². The highest BCUT2D eigenvalue weighted by Gasteiger charge is 2.26. The summed E-state index contributed by atoms with van der Waals surface area (Å²) < 4.78 is 2.27. The van der Waals surface area contributed by atoms with Gasteiger partial charge < -0.3 is 4.57 Å². The van der Waals surface area contributed by atoms with Crippen LogP contribution >= 0.6 is 0 Å². The molecule has 1 aromatic heterocycles. The lowest BCUT2D eigenvalue weighted by Crippen LogP contribution is -2.46. The predicted octanol–water partition coefficient (Wildman–Crippen LogP) is 3.42. The Morgan fingerprint density at radius 3 is 2.42 bits per heavy atom. The maximum Gasteiger partial charge on any atom is 0.0951 e. The van der Waals surface area contributed by atoms with Crippen LogP contribution in [0, 0.1) is 0 Å². The van der Waals surface area contributed by atoms with Crippen molar-refractivity contribution in [2.45, 2.75) is 19.1 Å². The topological polar surface area (TPSA) is 24.3 Å². The van der Waals surface area contributed by atoms with Crippen molar-refractivity contribution in [3.05, 3.63) is 90.0 Å². The Morgan fingerprint density at radius 1 is 0.923 bits per heavy atom. The average Bonchev–Trinajstić information content (AvgIpc) is 3.11. The maximum atomic E-state index is 4.40. The first-order valence-corrected chi connectivity index (χ1v) is 9.30. The first-order chi connectivity index (χ1) is 12.8. The molecular weight excluding hydrogens is 320 g/mol. The maximum absolute atomic E-state index is 4.40. The molecule has 1 aliphatic rings. The lowest BCUT2D eigenvalue weighted by molar-refractivity contribution is 0.0889. The number of imidazole rings is 1. The summed E-state index contributed by atoms with van der Waals surface area (Å²) in [5, 5.41) is 0. The highest BCUT2D eigenvalue weighted by atomic mass is 15.3. The smallest absolute Gasteiger partial charge is 0.0951 e. The quantitative estimate of drug-likeness (QED) is 0.707. The first-order valence-electron chi connectivity index (χ1n) is 9.30. The van der Waals surface area contributed by atoms with E-state index in [0.29, 0.717) is 6.04 Å². The van der Waals surface area contributed by atoms with Crippen molar-refractivity contribution in [3.63, 3.8) is 0 Å². The molecule has 0 bridgehead atoms. The van der Waals surface area contributed by atoms with Crippen LogP contribution in [0.3, 0.4) is 0 Å². The summed E-state index contributed by atoms with van der Waals surface area (Å²) in [7, 11) is 2.23. The van der Waals surface area contributed by atoms with Crippen LogP contribution in [0.15, 0.2) is 73.2 Å². The molecule has 2 heterocycles. The third-order valence-electron chi connectivity index (χ3n) is 5.30. The molecule has 0 spiro atoms. The molecule has 1 aliphatic heterocycles. The molecule has 1 unspecified atom stereocenters. The second-order valence-corrected chi connectivity index (χ2v) is 7.14. The van der Waals surface area contributed by atoms with Gasteiger partial charge in [-0.1, -0.05) is 60.7 Å². The summed E-state index contributed by atoms with van der Waals surface area (Å²) in [6.07, 6.45) is 3.96. The highest BCUT2D eigenvalue weighted by molar-refractivity contribution is 5.20. The molecule has 1 atom stereocenters. The Labute approximate surface area is 155 Å². The molecule has 0 N–H and O–H groups in total. The SMILES string of the molecule is CN1CCN(Cc2cncn2Cc2ccccc2)CC1c1ccccc1. The van der Waals surface area contributed by atoms with Gasteiger partial charge in [0, 0.05) is 45.0 Å². The van der Waals surface area contributed by atoms with Crippen molar-refractivity contribution in [1.29, 1.82) is 0 Å². The summed E-state index contributed by atoms with van der Waals surface area (Å²) in [5.74, 6) is 0. The minimum atomic E-state index is 0.454. The fraction of sp³-hybridized carbons (Fsp3) is 0.318. The standard InChI is InChI=1S/C22H26N4/c1-24-12-13-25(17-22(24)20-10-6-3-7-11-20)16-21-14-23-18-26(21)15-19-8-4-2-5-9-19/h2-11,14,18,22H,12-13,15-17H2,1H3. The molecule has 1 fully saturated rings. The second-order valence-electron chi connectivity index (χ2n) is 7.14. The van der Waals surface area contributed by atoms with Crippen LogP contribution in [0.1, 0.15) is 22.9 Å². The van der Waals surface area contributed by atoms with Gasteiger partial charge in [0.05, 0.1) is 12.0 Å². The zero-order valence-corrected chi connectivity index (χ0v) is 15.3. The fourth-order valence-corrected chi connectivity index (χ4v) is 3.74. The Bertz CT molecular complexity index is 812. The first kappa shape index (κ1) is 17.0. The van der Waals surface area contributed by atoms with Gasteiger partial charge in [0.15, 0.2) is 0 Å². The van der Waals surface area contributed by atoms with Gasteiger partial charge in [0.25, 0.3) is 0 Å². The number of hydrogen-bond acceptors (Lipinski definition) is 3. The van der Waals surface area contributed by atoms with E-state index in [0.717, 1.165) is 32.7 Å². The Morgan fingerprint density at radius 2 is 1.65 bits per heavy atom. The average molecular weight is 346 g/mol. The van der Waals surface area contributed by atoms with Crippen molar-refractivity contribution in [3.8, 4) is 0 Å². The van der Waals surface area contributed by atoms with Crippen LogP contribution in [0.5, 0.6) is 0 Å². The molecule has 0 amide bonds. The molecule has 3 aromatic rings. The third kappa shape index (κ3) is 3.87. The molecule has 134 valence electrons. The van der Waals surface area contributed by atoms with Crippen LogP contribution in [0.25, 0.3) is 0 Å². The second kappa shape index (κ2) is 7.85. The molecule has 0 radical (unpaired) electrons. The van der Waals surface area contributed by atoms with Crippen molar-refractivity contribution < 1.29 is 0 Å². The van der Waals surface area contributed by atoms with Crippen LogP contribution in [0.4, 0.5) is 0 Å². The molecule has 2 aromatic carbocycles. The number of aromatic nitrogens is 2. The van der Waals surface area contributed by atoms with Crippen molar-refractivity contribution in [2.24, 2.45) is 0 Å². The minimum Gasteiger partial charge on any atom is -0.329 e. The fourth-order valence-electron chi connectivity index (χ4n) is 3.74. The van der Waals surface area contributed by atoms with Crippen molar-refractivity contribution in [1.82, 2.24) is 19.4 Å². The summed E-state index contributed by atoms with van der Waals surface area (Å²) in [5.41, 5.74) is 4.00. The molecule has 4 heteroatoms. The van der Waals surface area contributed by atoms with E-state index in [1.54, 1.807) is 0 Å². The number of nitrogens with zero attached hydrogens (tertiary/aromatic N) is 4. The highest BCUT2D eigenvalue weighted by Crippen LogP contribution is 2.24. The van der Waals surface area contributed by atoms with Gasteiger partial charge in [-0.15, -0.1) is 0 Å². The molecule has 4 rings (SSSR count). The van der Waals surface area contributed by atoms with E-state index in [4.69, 9.17) is 0 Å². The molecule has 4 nitrogen and oxygen atoms in total. The minimum absolute atomic E-state index is 0.454. The van der Waals surface area contributed by atoms with Gasteiger partial charge in [-0.05, 0) is 18.2 Å². The van der Waals surface area contributed by atoms with Gasteiger partial charge in [0.1, 0.15) is 0 Å². The normalized spacial score (nSPS) is 18.9. The lowest BCUT2D eigenvalue weighted by Gasteiger charge is -2.39. The number of likely N-dealkylation sites (N-methyl/N-ethyl adjacent to an activating group) is 1. The molecule has 0 saturated carbocycles. The zero-order chi connectivity index (χ0) is 17.8. The van der Waals surface area contributed by atoms with Gasteiger partial charge in [0.2, 0.25) is 0 Å². The molecule has 1 saturated heterocycles. The Kier molecular flexibility index (Phi) is 5.14. The van der Waals surface area contributed by atoms with E-state index >= 15 is 0 Å². The van der Waals surface area contributed by atoms with Crippen molar-refractivity contribution in [2.75, 3.05) is 26.7 Å². The van der Waals surface area contributed by atoms with E-state index in [1.165, 1.54) is 16.8 Å². The van der Waals surface area contributed by atoms with Crippen molar-refractivity contribution >= 4 is 0 Å². The molecular formula is C22H26N4. The summed E-state index contributed by atoms with van der Waals surface area (Å²) in [4.78, 5) is 9.42. The predicted molar refractivity (Wildman–Crippen MR) is 105 cm³/mol. The lowest BCUT2D eigenvalue weighted by atomic mass is 10.0. The van der Waals surface area contributed by atoms with E-state index in [1.807, 2.05) is 12.5 Å². The van der Waals surface area contributed by atoms with Gasteiger partial charge in [-0.3, -0.25) is 9.80 Å². The van der Waals surface area contributed by atoms with E-state index in [2.05, 4.69) is 87.1 Å². The molecule has 26 heavy (non-hydrogen) atoms. The van der Waals surface area contributed by atoms with Crippen LogP contribution in [-0.2, 0) is 13.1 Å². The number of rotatable bonds is 5. The molecule has 0 aliphatic carbocycles. The Balaban J connectivity index is 1.45. The summed E-state index contributed by atoms with van der Waals surface area (Å²) in [6, 6.07) is 21.9. The van der Waals surface area contributed by atoms with Gasteiger partial charge in [-0.25, -0.2) is 4.98 Å².